The molecule has 0 bridgehead atoms. The number of esters is 1. The van der Waals surface area contributed by atoms with Gasteiger partial charge in [-0.15, -0.1) is 0 Å². The Morgan fingerprint density at radius 2 is 2.19 bits per heavy atom. The Morgan fingerprint density at radius 3 is 2.69 bits per heavy atom. The molecular formula is C11H13NO4. The lowest BCUT2D eigenvalue weighted by atomic mass is 10.3. The lowest BCUT2D eigenvalue weighted by Gasteiger charge is -2.06. The van der Waals surface area contributed by atoms with E-state index in [2.05, 4.69) is 0 Å². The second-order valence-corrected chi connectivity index (χ2v) is 3.26. The molecule has 1 aromatic rings. The van der Waals surface area contributed by atoms with E-state index in [1.807, 2.05) is 0 Å². The van der Waals surface area contributed by atoms with Gasteiger partial charge in [-0.25, -0.2) is 4.79 Å². The van der Waals surface area contributed by atoms with Crippen LogP contribution < -0.4 is 5.73 Å². The van der Waals surface area contributed by atoms with Crippen LogP contribution in [0.1, 0.15) is 18.4 Å². The van der Waals surface area contributed by atoms with Crippen LogP contribution in [0.15, 0.2) is 22.6 Å². The van der Waals surface area contributed by atoms with E-state index in [1.165, 1.54) is 19.1 Å². The summed E-state index contributed by atoms with van der Waals surface area (Å²) in [7, 11) is 0. The molecule has 0 radical (unpaired) electrons. The Morgan fingerprint density at radius 1 is 1.50 bits per heavy atom. The van der Waals surface area contributed by atoms with E-state index >= 15 is 0 Å². The van der Waals surface area contributed by atoms with Crippen LogP contribution in [0.3, 0.4) is 0 Å². The Bertz CT molecular complexity index is 419. The summed E-state index contributed by atoms with van der Waals surface area (Å²) in [5.41, 5.74) is 4.94. The molecule has 1 aromatic heterocycles. The topological polar surface area (TPSA) is 82.5 Å². The Labute approximate surface area is 92.9 Å². The highest BCUT2D eigenvalue weighted by molar-refractivity contribution is 5.89. The summed E-state index contributed by atoms with van der Waals surface area (Å²) < 4.78 is 9.90. The minimum absolute atomic E-state index is 0.543. The molecule has 1 unspecified atom stereocenters. The van der Waals surface area contributed by atoms with Gasteiger partial charge in [-0.1, -0.05) is 0 Å². The minimum Gasteiger partial charge on any atom is -0.462 e. The summed E-state index contributed by atoms with van der Waals surface area (Å²) in [4.78, 5) is 21.8. The average molecular weight is 223 g/mol. The van der Waals surface area contributed by atoms with Crippen molar-refractivity contribution >= 4 is 18.0 Å². The number of carbonyl (C=O) groups excluding carboxylic acids is 2. The van der Waals surface area contributed by atoms with E-state index < -0.39 is 18.0 Å². The number of furan rings is 1. The molecule has 0 aliphatic rings. The molecule has 1 amide bonds. The highest BCUT2D eigenvalue weighted by atomic mass is 16.5. The number of ether oxygens (including phenoxy) is 1. The maximum atomic E-state index is 11.2. The predicted octanol–water partition coefficient (Wildman–Crippen LogP) is 1.02. The highest BCUT2D eigenvalue weighted by Gasteiger charge is 2.12. The molecule has 16 heavy (non-hydrogen) atoms. The molecule has 2 N–H and O–H groups in total. The second kappa shape index (κ2) is 5.16. The first-order valence-corrected chi connectivity index (χ1v) is 4.73. The standard InChI is InChI=1S/C11H13NO4/c1-7-3-4-9(15-7)5-6-10(13)16-8(2)11(12)14/h3-6,8H,1-2H3,(H2,12,14)/b6-5+. The van der Waals surface area contributed by atoms with Crippen molar-refractivity contribution in [2.45, 2.75) is 20.0 Å². The van der Waals surface area contributed by atoms with E-state index in [0.29, 0.717) is 5.76 Å². The average Bonchev–Trinajstić information content (AvgIpc) is 2.61. The molecule has 5 heteroatoms. The van der Waals surface area contributed by atoms with Gasteiger partial charge in [0.2, 0.25) is 0 Å². The summed E-state index contributed by atoms with van der Waals surface area (Å²) in [5, 5.41) is 0. The van der Waals surface area contributed by atoms with Crippen molar-refractivity contribution in [2.24, 2.45) is 5.73 Å². The van der Waals surface area contributed by atoms with Crippen LogP contribution in [0.5, 0.6) is 0 Å². The Kier molecular flexibility index (Phi) is 3.88. The number of aryl methyl sites for hydroxylation is 1. The molecular weight excluding hydrogens is 210 g/mol. The van der Waals surface area contributed by atoms with Crippen LogP contribution in [-0.2, 0) is 14.3 Å². The van der Waals surface area contributed by atoms with Crippen LogP contribution >= 0.6 is 0 Å². The molecule has 0 saturated heterocycles. The number of hydrogen-bond acceptors (Lipinski definition) is 4. The minimum atomic E-state index is -0.935. The van der Waals surface area contributed by atoms with Gasteiger partial charge >= 0.3 is 5.97 Å². The fourth-order valence-electron chi connectivity index (χ4n) is 0.965. The van der Waals surface area contributed by atoms with Gasteiger partial charge in [-0.2, -0.15) is 0 Å². The zero-order valence-corrected chi connectivity index (χ0v) is 9.10. The first kappa shape index (κ1) is 12.0. The smallest absolute Gasteiger partial charge is 0.331 e. The summed E-state index contributed by atoms with van der Waals surface area (Å²) >= 11 is 0. The van der Waals surface area contributed by atoms with Crippen LogP contribution in [-0.4, -0.2) is 18.0 Å². The number of hydrogen-bond donors (Lipinski definition) is 1. The van der Waals surface area contributed by atoms with E-state index in [-0.39, 0.29) is 0 Å². The summed E-state index contributed by atoms with van der Waals surface area (Å²) in [6, 6.07) is 3.49. The molecule has 1 heterocycles. The second-order valence-electron chi connectivity index (χ2n) is 3.26. The number of amides is 1. The third kappa shape index (κ3) is 3.61. The van der Waals surface area contributed by atoms with Crippen LogP contribution in [0.2, 0.25) is 0 Å². The maximum absolute atomic E-state index is 11.2. The summed E-state index contributed by atoms with van der Waals surface area (Å²) in [6.45, 7) is 3.20. The third-order valence-electron chi connectivity index (χ3n) is 1.84. The third-order valence-corrected chi connectivity index (χ3v) is 1.84. The van der Waals surface area contributed by atoms with Gasteiger partial charge in [-0.3, -0.25) is 4.79 Å². The van der Waals surface area contributed by atoms with Crippen molar-refractivity contribution in [3.05, 3.63) is 29.7 Å². The zero-order valence-electron chi connectivity index (χ0n) is 9.10. The fourth-order valence-corrected chi connectivity index (χ4v) is 0.965. The SMILES string of the molecule is Cc1ccc(/C=C/C(=O)OC(C)C(N)=O)o1. The zero-order chi connectivity index (χ0) is 12.1. The van der Waals surface area contributed by atoms with Gasteiger partial charge in [0.05, 0.1) is 0 Å². The number of primary amides is 1. The Balaban J connectivity index is 2.51. The van der Waals surface area contributed by atoms with Crippen molar-refractivity contribution in [1.29, 1.82) is 0 Å². The van der Waals surface area contributed by atoms with Crippen molar-refractivity contribution in [2.75, 3.05) is 0 Å². The molecule has 0 fully saturated rings. The molecule has 0 spiro atoms. The van der Waals surface area contributed by atoms with Crippen molar-refractivity contribution < 1.29 is 18.7 Å². The molecule has 5 nitrogen and oxygen atoms in total. The van der Waals surface area contributed by atoms with Gasteiger partial charge in [0, 0.05) is 6.08 Å². The number of nitrogens with two attached hydrogens (primary N) is 1. The van der Waals surface area contributed by atoms with E-state index in [0.717, 1.165) is 5.76 Å². The molecule has 0 aromatic carbocycles. The predicted molar refractivity (Wildman–Crippen MR) is 57.2 cm³/mol. The maximum Gasteiger partial charge on any atom is 0.331 e. The van der Waals surface area contributed by atoms with E-state index in [4.69, 9.17) is 14.9 Å². The fraction of sp³-hybridized carbons (Fsp3) is 0.273. The molecule has 0 aliphatic carbocycles. The van der Waals surface area contributed by atoms with Crippen LogP contribution in [0, 0.1) is 6.92 Å². The Hall–Kier alpha value is -2.04. The summed E-state index contributed by atoms with van der Waals surface area (Å²) in [6.07, 6.45) is 1.70. The molecule has 1 rings (SSSR count). The quantitative estimate of drug-likeness (QED) is 0.610. The van der Waals surface area contributed by atoms with Crippen LogP contribution in [0.4, 0.5) is 0 Å². The van der Waals surface area contributed by atoms with Gasteiger partial charge in [0.15, 0.2) is 6.10 Å². The normalized spacial score (nSPS) is 12.6. The molecule has 1 atom stereocenters. The van der Waals surface area contributed by atoms with E-state index in [9.17, 15) is 9.59 Å². The van der Waals surface area contributed by atoms with Gasteiger partial charge < -0.3 is 14.9 Å². The molecule has 0 aliphatic heterocycles. The first-order valence-electron chi connectivity index (χ1n) is 4.73. The monoisotopic (exact) mass is 223 g/mol. The molecule has 0 saturated carbocycles. The van der Waals surface area contributed by atoms with Gasteiger partial charge in [-0.05, 0) is 32.1 Å². The van der Waals surface area contributed by atoms with Crippen LogP contribution in [0.25, 0.3) is 6.08 Å². The first-order chi connectivity index (χ1) is 7.49. The van der Waals surface area contributed by atoms with E-state index in [1.54, 1.807) is 19.1 Å². The van der Waals surface area contributed by atoms with Crippen molar-refractivity contribution in [3.63, 3.8) is 0 Å². The summed E-state index contributed by atoms with van der Waals surface area (Å²) in [5.74, 6) is -0.0318. The molecule has 86 valence electrons. The lowest BCUT2D eigenvalue weighted by Crippen LogP contribution is -2.29. The van der Waals surface area contributed by atoms with Crippen molar-refractivity contribution in [1.82, 2.24) is 0 Å². The number of carbonyl (C=O) groups is 2. The van der Waals surface area contributed by atoms with Gasteiger partial charge in [0.1, 0.15) is 11.5 Å². The largest absolute Gasteiger partial charge is 0.462 e. The van der Waals surface area contributed by atoms with Gasteiger partial charge in [0.25, 0.3) is 5.91 Å². The number of rotatable bonds is 4. The van der Waals surface area contributed by atoms with Crippen molar-refractivity contribution in [3.8, 4) is 0 Å². The highest BCUT2D eigenvalue weighted by Crippen LogP contribution is 2.08. The lowest BCUT2D eigenvalue weighted by molar-refractivity contribution is -0.148.